The number of tetrazole rings is 1. The van der Waals surface area contributed by atoms with Gasteiger partial charge in [-0.25, -0.2) is 4.39 Å². The molecule has 1 aromatic heterocycles. The Morgan fingerprint density at radius 1 is 1.05 bits per heavy atom. The zero-order valence-electron chi connectivity index (χ0n) is 21.5. The lowest BCUT2D eigenvalue weighted by atomic mass is 10.0. The molecular formula is C29H29FN6O3. The molecule has 2 N–H and O–H groups in total. The van der Waals surface area contributed by atoms with Crippen LogP contribution >= 0.6 is 0 Å². The Morgan fingerprint density at radius 3 is 2.44 bits per heavy atom. The number of anilines is 1. The first-order valence-electron chi connectivity index (χ1n) is 12.9. The van der Waals surface area contributed by atoms with Crippen LogP contribution in [0.3, 0.4) is 0 Å². The van der Waals surface area contributed by atoms with Gasteiger partial charge in [0.15, 0.2) is 0 Å². The minimum atomic E-state index is -1.00. The van der Waals surface area contributed by atoms with E-state index >= 15 is 0 Å². The number of carbonyl (C=O) groups is 2. The van der Waals surface area contributed by atoms with E-state index < -0.39 is 11.9 Å². The van der Waals surface area contributed by atoms with E-state index in [1.165, 1.54) is 41.3 Å². The third-order valence-electron chi connectivity index (χ3n) is 6.89. The standard InChI is InChI=1S/C29H29FN6O3/c1-19-6-2-5-9-25(19)36(26(38)18-35-33-28(32-34-35)21-10-14-22(30)15-11-21)27(20-12-16-24(37)17-13-20)29(39)31-23-7-3-4-8-23/h2,5-6,9-17,23,27,37H,3-4,7-8,18H2,1H3,(H,31,39)/t27-/m0/s1. The molecule has 3 aromatic carbocycles. The number of nitrogens with one attached hydrogen (secondary N) is 1. The molecule has 200 valence electrons. The summed E-state index contributed by atoms with van der Waals surface area (Å²) in [5.74, 6) is -0.803. The van der Waals surface area contributed by atoms with Crippen LogP contribution in [0, 0.1) is 12.7 Å². The Balaban J connectivity index is 1.51. The number of nitrogens with zero attached hydrogens (tertiary/aromatic N) is 5. The topological polar surface area (TPSA) is 113 Å². The fourth-order valence-electron chi connectivity index (χ4n) is 4.90. The van der Waals surface area contributed by atoms with Crippen molar-refractivity contribution in [3.05, 3.63) is 89.7 Å². The molecule has 0 radical (unpaired) electrons. The first kappa shape index (κ1) is 26.0. The van der Waals surface area contributed by atoms with Crippen LogP contribution in [0.4, 0.5) is 10.1 Å². The number of phenols is 1. The van der Waals surface area contributed by atoms with Gasteiger partial charge in [-0.15, -0.1) is 10.2 Å². The molecule has 1 fully saturated rings. The van der Waals surface area contributed by atoms with E-state index in [1.54, 1.807) is 18.2 Å². The maximum atomic E-state index is 14.0. The van der Waals surface area contributed by atoms with Gasteiger partial charge in [-0.1, -0.05) is 43.2 Å². The molecule has 0 spiro atoms. The summed E-state index contributed by atoms with van der Waals surface area (Å²) in [5.41, 5.74) is 2.49. The van der Waals surface area contributed by atoms with Gasteiger partial charge in [-0.2, -0.15) is 4.80 Å². The van der Waals surface area contributed by atoms with Crippen LogP contribution < -0.4 is 10.2 Å². The highest BCUT2D eigenvalue weighted by molar-refractivity contribution is 6.01. The molecule has 9 nitrogen and oxygen atoms in total. The number of phenolic OH excluding ortho intramolecular Hbond substituents is 1. The van der Waals surface area contributed by atoms with Crippen molar-refractivity contribution in [2.24, 2.45) is 0 Å². The lowest BCUT2D eigenvalue weighted by Gasteiger charge is -2.33. The summed E-state index contributed by atoms with van der Waals surface area (Å²) in [6.45, 7) is 1.59. The smallest absolute Gasteiger partial charge is 0.251 e. The normalized spacial score (nSPS) is 14.2. The minimum Gasteiger partial charge on any atom is -0.508 e. The second-order valence-corrected chi connectivity index (χ2v) is 9.68. The number of aromatic nitrogens is 4. The van der Waals surface area contributed by atoms with Crippen LogP contribution in [0.2, 0.25) is 0 Å². The van der Waals surface area contributed by atoms with Crippen molar-refractivity contribution in [1.82, 2.24) is 25.5 Å². The minimum absolute atomic E-state index is 0.0428. The summed E-state index contributed by atoms with van der Waals surface area (Å²) in [6, 6.07) is 18.3. The molecule has 2 amide bonds. The van der Waals surface area contributed by atoms with E-state index in [2.05, 4.69) is 20.7 Å². The number of hydrogen-bond donors (Lipinski definition) is 2. The molecule has 0 unspecified atom stereocenters. The number of aromatic hydroxyl groups is 1. The molecule has 0 saturated heterocycles. The van der Waals surface area contributed by atoms with Crippen molar-refractivity contribution in [2.45, 2.75) is 51.2 Å². The van der Waals surface area contributed by atoms with Gasteiger partial charge in [-0.05, 0) is 78.6 Å². The van der Waals surface area contributed by atoms with Crippen molar-refractivity contribution >= 4 is 17.5 Å². The van der Waals surface area contributed by atoms with Gasteiger partial charge in [0.25, 0.3) is 5.91 Å². The molecule has 1 heterocycles. The van der Waals surface area contributed by atoms with Gasteiger partial charge in [0.2, 0.25) is 11.7 Å². The molecule has 1 saturated carbocycles. The highest BCUT2D eigenvalue weighted by atomic mass is 19.1. The predicted octanol–water partition coefficient (Wildman–Crippen LogP) is 4.33. The molecule has 39 heavy (non-hydrogen) atoms. The highest BCUT2D eigenvalue weighted by Gasteiger charge is 2.35. The Bertz CT molecular complexity index is 1450. The average molecular weight is 529 g/mol. The Kier molecular flexibility index (Phi) is 7.62. The summed E-state index contributed by atoms with van der Waals surface area (Å²) < 4.78 is 13.3. The quantitative estimate of drug-likeness (QED) is 0.352. The largest absolute Gasteiger partial charge is 0.508 e. The lowest BCUT2D eigenvalue weighted by Crippen LogP contribution is -2.47. The van der Waals surface area contributed by atoms with Crippen LogP contribution in [-0.4, -0.2) is 43.2 Å². The van der Waals surface area contributed by atoms with E-state index in [0.29, 0.717) is 16.8 Å². The highest BCUT2D eigenvalue weighted by Crippen LogP contribution is 2.32. The number of halogens is 1. The number of amides is 2. The maximum Gasteiger partial charge on any atom is 0.251 e. The number of para-hydroxylation sites is 1. The second kappa shape index (κ2) is 11.4. The first-order chi connectivity index (χ1) is 18.9. The number of hydrogen-bond acceptors (Lipinski definition) is 6. The van der Waals surface area contributed by atoms with Crippen LogP contribution in [-0.2, 0) is 16.1 Å². The fourth-order valence-corrected chi connectivity index (χ4v) is 4.90. The van der Waals surface area contributed by atoms with Crippen molar-refractivity contribution in [2.75, 3.05) is 4.90 Å². The van der Waals surface area contributed by atoms with Gasteiger partial charge >= 0.3 is 0 Å². The maximum absolute atomic E-state index is 14.0. The summed E-state index contributed by atoms with van der Waals surface area (Å²) in [6.07, 6.45) is 3.87. The van der Waals surface area contributed by atoms with Gasteiger partial charge in [0.1, 0.15) is 24.2 Å². The first-order valence-corrected chi connectivity index (χ1v) is 12.9. The second-order valence-electron chi connectivity index (χ2n) is 9.68. The molecule has 5 rings (SSSR count). The number of rotatable bonds is 8. The molecular weight excluding hydrogens is 499 g/mol. The number of aryl methyl sites for hydroxylation is 1. The summed E-state index contributed by atoms with van der Waals surface area (Å²) in [7, 11) is 0. The molecule has 1 aliphatic carbocycles. The monoisotopic (exact) mass is 528 g/mol. The third-order valence-corrected chi connectivity index (χ3v) is 6.89. The zero-order chi connectivity index (χ0) is 27.4. The van der Waals surface area contributed by atoms with Gasteiger partial charge < -0.3 is 10.4 Å². The Hall–Kier alpha value is -4.60. The number of benzene rings is 3. The lowest BCUT2D eigenvalue weighted by molar-refractivity contribution is -0.127. The van der Waals surface area contributed by atoms with Gasteiger partial charge in [-0.3, -0.25) is 14.5 Å². The Labute approximate surface area is 225 Å². The summed E-state index contributed by atoms with van der Waals surface area (Å²) in [4.78, 5) is 30.5. The van der Waals surface area contributed by atoms with Crippen LogP contribution in [0.15, 0.2) is 72.8 Å². The van der Waals surface area contributed by atoms with Crippen molar-refractivity contribution < 1.29 is 19.1 Å². The zero-order valence-corrected chi connectivity index (χ0v) is 21.5. The van der Waals surface area contributed by atoms with E-state index in [4.69, 9.17) is 0 Å². The third kappa shape index (κ3) is 5.95. The van der Waals surface area contributed by atoms with Crippen molar-refractivity contribution in [3.63, 3.8) is 0 Å². The SMILES string of the molecule is Cc1ccccc1N(C(=O)Cn1nnc(-c2ccc(F)cc2)n1)[C@H](C(=O)NC1CCCC1)c1ccc(O)cc1. The molecule has 4 aromatic rings. The van der Waals surface area contributed by atoms with E-state index in [9.17, 15) is 19.1 Å². The Morgan fingerprint density at radius 2 is 1.74 bits per heavy atom. The average Bonchev–Trinajstić information content (AvgIpc) is 3.61. The van der Waals surface area contributed by atoms with Gasteiger partial charge in [0.05, 0.1) is 0 Å². The van der Waals surface area contributed by atoms with Crippen molar-refractivity contribution in [3.8, 4) is 17.1 Å². The van der Waals surface area contributed by atoms with E-state index in [0.717, 1.165) is 36.0 Å². The molecule has 0 bridgehead atoms. The molecule has 1 atom stereocenters. The fraction of sp³-hybridized carbons (Fsp3) is 0.276. The van der Waals surface area contributed by atoms with E-state index in [1.807, 2.05) is 25.1 Å². The summed E-state index contributed by atoms with van der Waals surface area (Å²) in [5, 5.41) is 25.4. The van der Waals surface area contributed by atoms with Crippen molar-refractivity contribution in [1.29, 1.82) is 0 Å². The van der Waals surface area contributed by atoms with E-state index in [-0.39, 0.29) is 35.9 Å². The van der Waals surface area contributed by atoms with Crippen LogP contribution in [0.5, 0.6) is 5.75 Å². The molecule has 0 aliphatic heterocycles. The molecule has 1 aliphatic rings. The summed E-state index contributed by atoms with van der Waals surface area (Å²) >= 11 is 0. The van der Waals surface area contributed by atoms with Crippen LogP contribution in [0.1, 0.15) is 42.9 Å². The predicted molar refractivity (Wildman–Crippen MR) is 143 cm³/mol. The van der Waals surface area contributed by atoms with Gasteiger partial charge in [0, 0.05) is 17.3 Å². The van der Waals surface area contributed by atoms with Crippen LogP contribution in [0.25, 0.3) is 11.4 Å². The number of carbonyl (C=O) groups excluding carboxylic acids is 2. The molecule has 10 heteroatoms.